The predicted molar refractivity (Wildman–Crippen MR) is 57.4 cm³/mol. The molecule has 6 nitrogen and oxygen atoms in total. The minimum absolute atomic E-state index is 0.0763. The quantitative estimate of drug-likeness (QED) is 0.627. The number of allylic oxidation sites excluding steroid dienone is 1. The van der Waals surface area contributed by atoms with Crippen molar-refractivity contribution in [1.29, 1.82) is 0 Å². The summed E-state index contributed by atoms with van der Waals surface area (Å²) in [6.45, 7) is 1.73. The van der Waals surface area contributed by atoms with E-state index in [2.05, 4.69) is 9.97 Å². The SMILES string of the molecule is CC(=CCC(=O)O)Cc1c[nH]c(=O)[nH]c1=O. The maximum atomic E-state index is 11.3. The van der Waals surface area contributed by atoms with Gasteiger partial charge >= 0.3 is 11.7 Å². The number of H-pyrrole nitrogens is 2. The second-order valence-electron chi connectivity index (χ2n) is 3.42. The van der Waals surface area contributed by atoms with Gasteiger partial charge in [0.1, 0.15) is 0 Å². The molecule has 0 radical (unpaired) electrons. The van der Waals surface area contributed by atoms with Gasteiger partial charge in [0.05, 0.1) is 6.42 Å². The minimum atomic E-state index is -0.922. The topological polar surface area (TPSA) is 103 Å². The summed E-state index contributed by atoms with van der Waals surface area (Å²) in [6, 6.07) is 0. The highest BCUT2D eigenvalue weighted by Crippen LogP contribution is 2.02. The molecule has 1 aromatic heterocycles. The third-order valence-corrected chi connectivity index (χ3v) is 1.99. The standard InChI is InChI=1S/C10H12N2O4/c1-6(2-3-8(13)14)4-7-5-11-10(16)12-9(7)15/h2,5H,3-4H2,1H3,(H,13,14)(H2,11,12,15,16). The van der Waals surface area contributed by atoms with Crippen LogP contribution in [0.4, 0.5) is 0 Å². The van der Waals surface area contributed by atoms with Gasteiger partial charge in [0.2, 0.25) is 0 Å². The first-order valence-electron chi connectivity index (χ1n) is 4.67. The Bertz CT molecular complexity index is 524. The van der Waals surface area contributed by atoms with Gasteiger partial charge in [-0.1, -0.05) is 11.6 Å². The summed E-state index contributed by atoms with van der Waals surface area (Å²) in [5.41, 5.74) is 0.159. The number of nitrogens with one attached hydrogen (secondary N) is 2. The van der Waals surface area contributed by atoms with Crippen molar-refractivity contribution in [3.8, 4) is 0 Å². The fourth-order valence-corrected chi connectivity index (χ4v) is 1.20. The van der Waals surface area contributed by atoms with Crippen LogP contribution in [0, 0.1) is 0 Å². The molecule has 0 unspecified atom stereocenters. The molecular formula is C10H12N2O4. The van der Waals surface area contributed by atoms with Gasteiger partial charge in [-0.05, 0) is 13.3 Å². The van der Waals surface area contributed by atoms with Crippen molar-refractivity contribution < 1.29 is 9.90 Å². The summed E-state index contributed by atoms with van der Waals surface area (Å²) >= 11 is 0. The fourth-order valence-electron chi connectivity index (χ4n) is 1.20. The van der Waals surface area contributed by atoms with Crippen molar-refractivity contribution in [2.24, 2.45) is 0 Å². The molecule has 0 aliphatic carbocycles. The smallest absolute Gasteiger partial charge is 0.325 e. The van der Waals surface area contributed by atoms with E-state index < -0.39 is 17.2 Å². The minimum Gasteiger partial charge on any atom is -0.481 e. The molecule has 6 heteroatoms. The van der Waals surface area contributed by atoms with Crippen LogP contribution < -0.4 is 11.2 Å². The summed E-state index contributed by atoms with van der Waals surface area (Å²) in [4.78, 5) is 36.8. The van der Waals surface area contributed by atoms with Gasteiger partial charge in [0.15, 0.2) is 0 Å². The van der Waals surface area contributed by atoms with Crippen LogP contribution >= 0.6 is 0 Å². The lowest BCUT2D eigenvalue weighted by molar-refractivity contribution is -0.136. The molecule has 0 bridgehead atoms. The van der Waals surface area contributed by atoms with Crippen LogP contribution in [0.15, 0.2) is 27.4 Å². The van der Waals surface area contributed by atoms with Crippen LogP contribution in [0.3, 0.4) is 0 Å². The van der Waals surface area contributed by atoms with E-state index in [1.165, 1.54) is 12.3 Å². The van der Waals surface area contributed by atoms with Crippen molar-refractivity contribution >= 4 is 5.97 Å². The average Bonchev–Trinajstić information content (AvgIpc) is 2.19. The number of carbonyl (C=O) groups is 1. The molecule has 0 saturated carbocycles. The zero-order chi connectivity index (χ0) is 12.1. The second-order valence-corrected chi connectivity index (χ2v) is 3.42. The zero-order valence-corrected chi connectivity index (χ0v) is 8.74. The van der Waals surface area contributed by atoms with Crippen LogP contribution in [-0.2, 0) is 11.2 Å². The van der Waals surface area contributed by atoms with Crippen LogP contribution in [0.1, 0.15) is 18.9 Å². The van der Waals surface area contributed by atoms with Crippen LogP contribution in [0.2, 0.25) is 0 Å². The largest absolute Gasteiger partial charge is 0.481 e. The van der Waals surface area contributed by atoms with Crippen molar-refractivity contribution in [1.82, 2.24) is 9.97 Å². The first-order valence-corrected chi connectivity index (χ1v) is 4.67. The molecule has 0 spiro atoms. The zero-order valence-electron chi connectivity index (χ0n) is 8.74. The Morgan fingerprint density at radius 3 is 2.75 bits per heavy atom. The maximum absolute atomic E-state index is 11.3. The predicted octanol–water partition coefficient (Wildman–Crippen LogP) is 0.0267. The number of hydrogen-bond donors (Lipinski definition) is 3. The Hall–Kier alpha value is -2.11. The lowest BCUT2D eigenvalue weighted by Gasteiger charge is -1.99. The van der Waals surface area contributed by atoms with Gasteiger partial charge in [0, 0.05) is 11.8 Å². The Kier molecular flexibility index (Phi) is 3.82. The molecule has 0 aliphatic rings. The molecule has 0 amide bonds. The molecule has 0 aliphatic heterocycles. The van der Waals surface area contributed by atoms with Crippen molar-refractivity contribution in [3.05, 3.63) is 44.2 Å². The number of hydrogen-bond acceptors (Lipinski definition) is 3. The monoisotopic (exact) mass is 224 g/mol. The summed E-state index contributed by atoms with van der Waals surface area (Å²) in [5, 5.41) is 8.46. The molecule has 1 aromatic rings. The van der Waals surface area contributed by atoms with Gasteiger partial charge in [-0.15, -0.1) is 0 Å². The molecule has 1 heterocycles. The molecule has 0 aromatic carbocycles. The van der Waals surface area contributed by atoms with E-state index in [9.17, 15) is 14.4 Å². The molecule has 86 valence electrons. The number of aromatic nitrogens is 2. The van der Waals surface area contributed by atoms with E-state index in [1.54, 1.807) is 6.92 Å². The second kappa shape index (κ2) is 5.11. The average molecular weight is 224 g/mol. The molecule has 3 N–H and O–H groups in total. The Morgan fingerprint density at radius 1 is 1.50 bits per heavy atom. The number of aliphatic carboxylic acids is 1. The summed E-state index contributed by atoms with van der Waals surface area (Å²) in [5.74, 6) is -0.922. The van der Waals surface area contributed by atoms with E-state index in [0.29, 0.717) is 12.0 Å². The highest BCUT2D eigenvalue weighted by atomic mass is 16.4. The molecular weight excluding hydrogens is 212 g/mol. The molecule has 0 fully saturated rings. The Balaban J connectivity index is 2.81. The molecule has 1 rings (SSSR count). The van der Waals surface area contributed by atoms with E-state index in [-0.39, 0.29) is 6.42 Å². The fraction of sp³-hybridized carbons (Fsp3) is 0.300. The van der Waals surface area contributed by atoms with Gasteiger partial charge in [-0.25, -0.2) is 4.79 Å². The third kappa shape index (κ3) is 3.56. The molecule has 0 atom stereocenters. The van der Waals surface area contributed by atoms with Crippen molar-refractivity contribution in [2.45, 2.75) is 19.8 Å². The van der Waals surface area contributed by atoms with Gasteiger partial charge in [0.25, 0.3) is 5.56 Å². The summed E-state index contributed by atoms with van der Waals surface area (Å²) in [6.07, 6.45) is 3.11. The van der Waals surface area contributed by atoms with Crippen molar-refractivity contribution in [2.75, 3.05) is 0 Å². The van der Waals surface area contributed by atoms with E-state index in [4.69, 9.17) is 5.11 Å². The van der Waals surface area contributed by atoms with Gasteiger partial charge in [-0.3, -0.25) is 14.6 Å². The highest BCUT2D eigenvalue weighted by molar-refractivity contribution is 5.68. The maximum Gasteiger partial charge on any atom is 0.325 e. The lowest BCUT2D eigenvalue weighted by Crippen LogP contribution is -2.24. The van der Waals surface area contributed by atoms with Crippen molar-refractivity contribution in [3.63, 3.8) is 0 Å². The van der Waals surface area contributed by atoms with E-state index in [1.807, 2.05) is 0 Å². The summed E-state index contributed by atoms with van der Waals surface area (Å²) < 4.78 is 0. The van der Waals surface area contributed by atoms with E-state index >= 15 is 0 Å². The Labute approximate surface area is 90.6 Å². The lowest BCUT2D eigenvalue weighted by atomic mass is 10.1. The normalized spacial score (nSPS) is 11.4. The van der Waals surface area contributed by atoms with Crippen LogP contribution in [-0.4, -0.2) is 21.0 Å². The van der Waals surface area contributed by atoms with Gasteiger partial charge < -0.3 is 10.1 Å². The number of aromatic amines is 2. The molecule has 0 saturated heterocycles. The van der Waals surface area contributed by atoms with Crippen LogP contribution in [0.25, 0.3) is 0 Å². The number of carboxylic acid groups (broad SMARTS) is 1. The van der Waals surface area contributed by atoms with E-state index in [0.717, 1.165) is 5.57 Å². The first-order chi connectivity index (χ1) is 7.49. The third-order valence-electron chi connectivity index (χ3n) is 1.99. The number of carboxylic acids is 1. The number of rotatable bonds is 4. The van der Waals surface area contributed by atoms with Gasteiger partial charge in [-0.2, -0.15) is 0 Å². The molecule has 16 heavy (non-hydrogen) atoms. The Morgan fingerprint density at radius 2 is 2.19 bits per heavy atom. The first kappa shape index (κ1) is 12.0. The highest BCUT2D eigenvalue weighted by Gasteiger charge is 2.01. The summed E-state index contributed by atoms with van der Waals surface area (Å²) in [7, 11) is 0. The van der Waals surface area contributed by atoms with Crippen LogP contribution in [0.5, 0.6) is 0 Å².